The summed E-state index contributed by atoms with van der Waals surface area (Å²) in [5.74, 6) is 0.382. The van der Waals surface area contributed by atoms with Crippen molar-refractivity contribution in [1.29, 1.82) is 0 Å². The van der Waals surface area contributed by atoms with Crippen LogP contribution in [0, 0.1) is 0 Å². The van der Waals surface area contributed by atoms with Gasteiger partial charge in [-0.25, -0.2) is 8.42 Å². The third kappa shape index (κ3) is 2.74. The molecule has 2 aromatic rings. The van der Waals surface area contributed by atoms with E-state index in [1.54, 1.807) is 43.3 Å². The Bertz CT molecular complexity index is 742. The number of aliphatic hydroxyl groups is 1. The molecule has 0 spiro atoms. The van der Waals surface area contributed by atoms with Crippen LogP contribution in [0.3, 0.4) is 0 Å². The summed E-state index contributed by atoms with van der Waals surface area (Å²) in [5, 5.41) is 9.51. The van der Waals surface area contributed by atoms with Crippen molar-refractivity contribution in [2.75, 3.05) is 0 Å². The van der Waals surface area contributed by atoms with Gasteiger partial charge in [-0.05, 0) is 55.0 Å². The highest BCUT2D eigenvalue weighted by Gasteiger charge is 2.30. The molecule has 0 unspecified atom stereocenters. The number of rotatable bonds is 4. The van der Waals surface area contributed by atoms with Crippen LogP contribution in [-0.2, 0) is 9.84 Å². The lowest BCUT2D eigenvalue weighted by Gasteiger charge is -2.11. The van der Waals surface area contributed by atoms with Crippen LogP contribution in [0.2, 0.25) is 0 Å². The molecule has 1 N–H and O–H groups in total. The van der Waals surface area contributed by atoms with Gasteiger partial charge in [0.2, 0.25) is 9.84 Å². The number of sulfone groups is 1. The fourth-order valence-corrected chi connectivity index (χ4v) is 4.06. The number of hydrogen-bond acceptors (Lipinski definition) is 3. The van der Waals surface area contributed by atoms with E-state index in [1.165, 1.54) is 0 Å². The van der Waals surface area contributed by atoms with Gasteiger partial charge in [-0.3, -0.25) is 0 Å². The Balaban J connectivity index is 2.04. The van der Waals surface area contributed by atoms with Crippen molar-refractivity contribution in [2.45, 2.75) is 41.6 Å². The summed E-state index contributed by atoms with van der Waals surface area (Å²) in [6.07, 6.45) is 1.53. The minimum absolute atomic E-state index is 0.278. The Morgan fingerprint density at radius 2 is 1.67 bits per heavy atom. The maximum atomic E-state index is 12.8. The van der Waals surface area contributed by atoms with Crippen molar-refractivity contribution in [1.82, 2.24) is 0 Å². The van der Waals surface area contributed by atoms with Gasteiger partial charge >= 0.3 is 0 Å². The van der Waals surface area contributed by atoms with Crippen molar-refractivity contribution in [2.24, 2.45) is 0 Å². The maximum Gasteiger partial charge on any atom is 0.206 e. The molecule has 110 valence electrons. The second kappa shape index (κ2) is 5.28. The number of benzene rings is 2. The van der Waals surface area contributed by atoms with Gasteiger partial charge in [0.05, 0.1) is 15.9 Å². The average molecular weight is 302 g/mol. The molecule has 4 heteroatoms. The van der Waals surface area contributed by atoms with E-state index in [4.69, 9.17) is 0 Å². The summed E-state index contributed by atoms with van der Waals surface area (Å²) in [6.45, 7) is 1.66. The van der Waals surface area contributed by atoms with E-state index in [0.29, 0.717) is 16.4 Å². The van der Waals surface area contributed by atoms with Crippen molar-refractivity contribution in [3.8, 4) is 0 Å². The van der Waals surface area contributed by atoms with Gasteiger partial charge < -0.3 is 5.11 Å². The van der Waals surface area contributed by atoms with Crippen LogP contribution >= 0.6 is 0 Å². The van der Waals surface area contributed by atoms with Crippen LogP contribution in [0.25, 0.3) is 0 Å². The molecule has 0 aromatic heterocycles. The standard InChI is InChI=1S/C17H18O3S/c1-12(18)13-8-10-15(11-9-13)21(19,20)17-5-3-2-4-16(17)14-6-7-14/h2-5,8-12,14,18H,6-7H2,1H3/t12-/m1/s1. The van der Waals surface area contributed by atoms with Crippen molar-refractivity contribution < 1.29 is 13.5 Å². The first-order valence-electron chi connectivity index (χ1n) is 7.12. The first kappa shape index (κ1) is 14.3. The van der Waals surface area contributed by atoms with Crippen molar-refractivity contribution in [3.05, 3.63) is 59.7 Å². The Kier molecular flexibility index (Phi) is 3.59. The molecule has 1 saturated carbocycles. The summed E-state index contributed by atoms with van der Waals surface area (Å²) in [7, 11) is -3.50. The van der Waals surface area contributed by atoms with Crippen LogP contribution in [0.4, 0.5) is 0 Å². The van der Waals surface area contributed by atoms with Crippen LogP contribution in [0.15, 0.2) is 58.3 Å². The van der Waals surface area contributed by atoms with Gasteiger partial charge in [0, 0.05) is 0 Å². The molecule has 0 bridgehead atoms. The minimum atomic E-state index is -3.50. The third-order valence-corrected chi connectivity index (χ3v) is 5.74. The molecule has 3 rings (SSSR count). The monoisotopic (exact) mass is 302 g/mol. The lowest BCUT2D eigenvalue weighted by atomic mass is 10.1. The molecule has 3 nitrogen and oxygen atoms in total. The van der Waals surface area contributed by atoms with Gasteiger partial charge in [0.1, 0.15) is 0 Å². The molecule has 0 amide bonds. The summed E-state index contributed by atoms with van der Waals surface area (Å²) < 4.78 is 25.6. The van der Waals surface area contributed by atoms with Gasteiger partial charge in [-0.1, -0.05) is 30.3 Å². The quantitative estimate of drug-likeness (QED) is 0.941. The fourth-order valence-electron chi connectivity index (χ4n) is 2.51. The molecule has 1 atom stereocenters. The molecule has 2 aromatic carbocycles. The Labute approximate surface area is 125 Å². The van der Waals surface area contributed by atoms with Gasteiger partial charge in [-0.15, -0.1) is 0 Å². The molecule has 1 aliphatic carbocycles. The highest BCUT2D eigenvalue weighted by molar-refractivity contribution is 7.91. The summed E-state index contributed by atoms with van der Waals surface area (Å²) in [4.78, 5) is 0.692. The zero-order chi connectivity index (χ0) is 15.0. The predicted octanol–water partition coefficient (Wildman–Crippen LogP) is 3.45. The normalized spacial score (nSPS) is 16.7. The predicted molar refractivity (Wildman–Crippen MR) is 80.9 cm³/mol. The van der Waals surface area contributed by atoms with E-state index in [1.807, 2.05) is 12.1 Å². The largest absolute Gasteiger partial charge is 0.389 e. The summed E-state index contributed by atoms with van der Waals surface area (Å²) in [6, 6.07) is 13.7. The van der Waals surface area contributed by atoms with Crippen LogP contribution in [-0.4, -0.2) is 13.5 Å². The fraction of sp³-hybridized carbons (Fsp3) is 0.294. The van der Waals surface area contributed by atoms with E-state index in [2.05, 4.69) is 0 Å². The summed E-state index contributed by atoms with van der Waals surface area (Å²) >= 11 is 0. The van der Waals surface area contributed by atoms with Gasteiger partial charge in [-0.2, -0.15) is 0 Å². The molecule has 1 fully saturated rings. The molecule has 0 aliphatic heterocycles. The Morgan fingerprint density at radius 3 is 2.24 bits per heavy atom. The maximum absolute atomic E-state index is 12.8. The van der Waals surface area contributed by atoms with Gasteiger partial charge in [0.15, 0.2) is 0 Å². The van der Waals surface area contributed by atoms with E-state index >= 15 is 0 Å². The second-order valence-corrected chi connectivity index (χ2v) is 7.48. The van der Waals surface area contributed by atoms with Crippen LogP contribution in [0.5, 0.6) is 0 Å². The SMILES string of the molecule is C[C@@H](O)c1ccc(S(=O)(=O)c2ccccc2C2CC2)cc1. The lowest BCUT2D eigenvalue weighted by Crippen LogP contribution is -2.05. The Hall–Kier alpha value is -1.65. The number of aliphatic hydroxyl groups excluding tert-OH is 1. The van der Waals surface area contributed by atoms with Gasteiger partial charge in [0.25, 0.3) is 0 Å². The smallest absolute Gasteiger partial charge is 0.206 e. The highest BCUT2D eigenvalue weighted by Crippen LogP contribution is 2.43. The van der Waals surface area contributed by atoms with Crippen LogP contribution in [0.1, 0.15) is 42.9 Å². The topological polar surface area (TPSA) is 54.4 Å². The first-order valence-corrected chi connectivity index (χ1v) is 8.60. The van der Waals surface area contributed by atoms with Crippen molar-refractivity contribution >= 4 is 9.84 Å². The molecule has 0 radical (unpaired) electrons. The molecular weight excluding hydrogens is 284 g/mol. The molecule has 0 heterocycles. The zero-order valence-corrected chi connectivity index (χ0v) is 12.7. The third-order valence-electron chi connectivity index (χ3n) is 3.90. The second-order valence-electron chi connectivity index (χ2n) is 5.56. The molecular formula is C17H18O3S. The number of hydrogen-bond donors (Lipinski definition) is 1. The zero-order valence-electron chi connectivity index (χ0n) is 11.9. The highest BCUT2D eigenvalue weighted by atomic mass is 32.2. The summed E-state index contributed by atoms with van der Waals surface area (Å²) in [5.41, 5.74) is 1.64. The lowest BCUT2D eigenvalue weighted by molar-refractivity contribution is 0.199. The molecule has 1 aliphatic rings. The van der Waals surface area contributed by atoms with E-state index < -0.39 is 15.9 Å². The first-order chi connectivity index (χ1) is 10.00. The Morgan fingerprint density at radius 1 is 1.05 bits per heavy atom. The molecule has 21 heavy (non-hydrogen) atoms. The van der Waals surface area contributed by atoms with Crippen molar-refractivity contribution in [3.63, 3.8) is 0 Å². The average Bonchev–Trinajstić information content (AvgIpc) is 3.32. The molecule has 0 saturated heterocycles. The minimum Gasteiger partial charge on any atom is -0.389 e. The van der Waals surface area contributed by atoms with E-state index in [-0.39, 0.29) is 4.90 Å². The van der Waals surface area contributed by atoms with E-state index in [9.17, 15) is 13.5 Å². The van der Waals surface area contributed by atoms with E-state index in [0.717, 1.165) is 18.4 Å². The van der Waals surface area contributed by atoms with Crippen LogP contribution < -0.4 is 0 Å².